The van der Waals surface area contributed by atoms with E-state index in [0.29, 0.717) is 5.56 Å². The summed E-state index contributed by atoms with van der Waals surface area (Å²) in [5.41, 5.74) is 0.254. The van der Waals surface area contributed by atoms with Gasteiger partial charge in [-0.05, 0) is 36.4 Å². The van der Waals surface area contributed by atoms with Gasteiger partial charge < -0.3 is 64.2 Å². The van der Waals surface area contributed by atoms with Gasteiger partial charge in [0, 0.05) is 17.7 Å². The van der Waals surface area contributed by atoms with Crippen LogP contribution in [0, 0.1) is 0 Å². The molecule has 2 aliphatic rings. The Kier molecular flexibility index (Phi) is 8.58. The lowest BCUT2D eigenvalue weighted by Gasteiger charge is -2.39. The van der Waals surface area contributed by atoms with Crippen LogP contribution in [0.1, 0.15) is 0 Å². The van der Waals surface area contributed by atoms with Crippen molar-refractivity contribution >= 4 is 11.0 Å². The smallest absolute Gasteiger partial charge is 0.229 e. The number of fused-ring (bicyclic) bond motifs is 1. The summed E-state index contributed by atoms with van der Waals surface area (Å²) in [5, 5.41) is 79.2. The van der Waals surface area contributed by atoms with Gasteiger partial charge in [-0.15, -0.1) is 0 Å². The third kappa shape index (κ3) is 5.80. The van der Waals surface area contributed by atoms with Gasteiger partial charge in [0.25, 0.3) is 0 Å². The van der Waals surface area contributed by atoms with Crippen molar-refractivity contribution in [2.75, 3.05) is 13.2 Å². The van der Waals surface area contributed by atoms with Crippen LogP contribution in [-0.4, -0.2) is 115 Å². The molecule has 2 aromatic carbocycles. The molecular formula is C27H30O14. The molecule has 3 heterocycles. The fourth-order valence-electron chi connectivity index (χ4n) is 4.65. The number of aliphatic hydroxyl groups is 8. The Balaban J connectivity index is 1.34. The summed E-state index contributed by atoms with van der Waals surface area (Å²) in [7, 11) is 0. The zero-order chi connectivity index (χ0) is 29.4. The molecule has 2 saturated heterocycles. The molecule has 0 saturated carbocycles. The lowest BCUT2D eigenvalue weighted by Crippen LogP contribution is -2.60. The number of aliphatic hydroxyl groups excluding tert-OH is 8. The van der Waals surface area contributed by atoms with Crippen molar-refractivity contribution in [3.8, 4) is 22.8 Å². The predicted octanol–water partition coefficient (Wildman–Crippen LogP) is -2.18. The van der Waals surface area contributed by atoms with E-state index in [9.17, 15) is 45.6 Å². The van der Waals surface area contributed by atoms with Crippen LogP contribution in [0.3, 0.4) is 0 Å². The maximum Gasteiger partial charge on any atom is 0.229 e. The summed E-state index contributed by atoms with van der Waals surface area (Å²) in [5.74, 6) is 0.522. The Labute approximate surface area is 231 Å². The van der Waals surface area contributed by atoms with Crippen molar-refractivity contribution < 1.29 is 64.2 Å². The SMILES string of the molecule is O=c1cc(-c2ccc(OC3O[C@H](CO)[C@@H](O)[C@H](O)[C@H]3O)cc2)oc2cc(OC3O[C@H](CO)[C@@H](O)[C@H](O)[C@H]3O)ccc12. The highest BCUT2D eigenvalue weighted by Gasteiger charge is 2.45. The highest BCUT2D eigenvalue weighted by atomic mass is 16.7. The van der Waals surface area contributed by atoms with Crippen molar-refractivity contribution in [1.82, 2.24) is 0 Å². The topological polar surface area (TPSA) is 229 Å². The fraction of sp³-hybridized carbons (Fsp3) is 0.444. The summed E-state index contributed by atoms with van der Waals surface area (Å²) in [6.07, 6.45) is -14.5. The molecule has 222 valence electrons. The van der Waals surface area contributed by atoms with Crippen LogP contribution in [-0.2, 0) is 9.47 Å². The first-order valence-corrected chi connectivity index (χ1v) is 12.7. The second-order valence-corrected chi connectivity index (χ2v) is 9.79. The van der Waals surface area contributed by atoms with Crippen molar-refractivity contribution in [2.24, 2.45) is 0 Å². The molecule has 0 amide bonds. The second kappa shape index (κ2) is 12.0. The Morgan fingerprint density at radius 1 is 0.634 bits per heavy atom. The van der Waals surface area contributed by atoms with E-state index in [2.05, 4.69) is 0 Å². The first-order chi connectivity index (χ1) is 19.6. The number of benzene rings is 2. The molecule has 0 aliphatic carbocycles. The number of rotatable bonds is 7. The van der Waals surface area contributed by atoms with E-state index in [1.807, 2.05) is 0 Å². The largest absolute Gasteiger partial charge is 0.462 e. The second-order valence-electron chi connectivity index (χ2n) is 9.79. The van der Waals surface area contributed by atoms with Crippen LogP contribution in [0.15, 0.2) is 57.7 Å². The van der Waals surface area contributed by atoms with E-state index in [1.54, 1.807) is 12.1 Å². The van der Waals surface area contributed by atoms with Gasteiger partial charge in [0.2, 0.25) is 12.6 Å². The maximum atomic E-state index is 12.8. The molecule has 41 heavy (non-hydrogen) atoms. The van der Waals surface area contributed by atoms with E-state index >= 15 is 0 Å². The summed E-state index contributed by atoms with van der Waals surface area (Å²) in [4.78, 5) is 12.8. The molecule has 14 heteroatoms. The molecule has 2 unspecified atom stereocenters. The molecule has 3 aromatic rings. The normalized spacial score (nSPS) is 34.0. The Bertz CT molecular complexity index is 1390. The maximum absolute atomic E-state index is 12.8. The Hall–Kier alpha value is -3.15. The summed E-state index contributed by atoms with van der Waals surface area (Å²) < 4.78 is 27.8. The van der Waals surface area contributed by atoms with E-state index in [0.717, 1.165) is 0 Å². The van der Waals surface area contributed by atoms with Crippen LogP contribution in [0.4, 0.5) is 0 Å². The standard InChI is InChI=1S/C27H30O14/c28-9-18-20(31)22(33)24(35)26(40-18)37-12-3-1-11(2-4-12)16-8-15(30)14-6-5-13(7-17(14)39-16)38-27-25(36)23(34)21(32)19(10-29)41-27/h1-8,18-29,31-36H,9-10H2/t18-,19-,20-,21-,22+,23+,24-,25-,26?,27?/m1/s1. The minimum absolute atomic E-state index is 0.116. The molecule has 0 spiro atoms. The predicted molar refractivity (Wildman–Crippen MR) is 137 cm³/mol. The van der Waals surface area contributed by atoms with Gasteiger partial charge in [0.15, 0.2) is 5.43 Å². The molecule has 0 radical (unpaired) electrons. The number of ether oxygens (including phenoxy) is 4. The molecule has 1 aromatic heterocycles. The van der Waals surface area contributed by atoms with Gasteiger partial charge in [-0.3, -0.25) is 4.79 Å². The van der Waals surface area contributed by atoms with Gasteiger partial charge in [0.05, 0.1) is 18.6 Å². The zero-order valence-electron chi connectivity index (χ0n) is 21.3. The van der Waals surface area contributed by atoms with Gasteiger partial charge in [0.1, 0.15) is 71.7 Å². The average molecular weight is 579 g/mol. The molecule has 10 atom stereocenters. The van der Waals surface area contributed by atoms with Crippen LogP contribution in [0.5, 0.6) is 11.5 Å². The van der Waals surface area contributed by atoms with Crippen molar-refractivity contribution in [3.05, 3.63) is 58.8 Å². The van der Waals surface area contributed by atoms with Gasteiger partial charge in [-0.1, -0.05) is 0 Å². The summed E-state index contributed by atoms with van der Waals surface area (Å²) in [6, 6.07) is 11.7. The van der Waals surface area contributed by atoms with Crippen molar-refractivity contribution in [1.29, 1.82) is 0 Å². The van der Waals surface area contributed by atoms with Crippen LogP contribution in [0.25, 0.3) is 22.3 Å². The van der Waals surface area contributed by atoms with Gasteiger partial charge in [-0.2, -0.15) is 0 Å². The summed E-state index contributed by atoms with van der Waals surface area (Å²) in [6.45, 7) is -1.22. The van der Waals surface area contributed by atoms with E-state index in [-0.39, 0.29) is 33.7 Å². The Morgan fingerprint density at radius 2 is 1.15 bits per heavy atom. The monoisotopic (exact) mass is 578 g/mol. The first kappa shape index (κ1) is 29.3. The van der Waals surface area contributed by atoms with Crippen molar-refractivity contribution in [2.45, 2.75) is 61.4 Å². The molecular weight excluding hydrogens is 548 g/mol. The first-order valence-electron chi connectivity index (χ1n) is 12.7. The van der Waals surface area contributed by atoms with Crippen molar-refractivity contribution in [3.63, 3.8) is 0 Å². The molecule has 14 nitrogen and oxygen atoms in total. The molecule has 2 aliphatic heterocycles. The lowest BCUT2D eigenvalue weighted by atomic mass is 9.99. The minimum Gasteiger partial charge on any atom is -0.462 e. The molecule has 0 bridgehead atoms. The highest BCUT2D eigenvalue weighted by Crippen LogP contribution is 2.30. The zero-order valence-corrected chi connectivity index (χ0v) is 21.3. The summed E-state index contributed by atoms with van der Waals surface area (Å²) >= 11 is 0. The van der Waals surface area contributed by atoms with Crippen LogP contribution >= 0.6 is 0 Å². The quantitative estimate of drug-likeness (QED) is 0.149. The number of hydrogen-bond acceptors (Lipinski definition) is 14. The van der Waals surface area contributed by atoms with E-state index in [1.165, 1.54) is 36.4 Å². The van der Waals surface area contributed by atoms with E-state index in [4.69, 9.17) is 23.4 Å². The lowest BCUT2D eigenvalue weighted by molar-refractivity contribution is -0.277. The molecule has 8 N–H and O–H groups in total. The van der Waals surface area contributed by atoms with Crippen LogP contribution < -0.4 is 14.9 Å². The Morgan fingerprint density at radius 3 is 1.68 bits per heavy atom. The number of hydrogen-bond donors (Lipinski definition) is 8. The van der Waals surface area contributed by atoms with Gasteiger partial charge >= 0.3 is 0 Å². The average Bonchev–Trinajstić information content (AvgIpc) is 2.97. The van der Waals surface area contributed by atoms with Crippen LogP contribution in [0.2, 0.25) is 0 Å². The third-order valence-corrected chi connectivity index (χ3v) is 7.04. The molecule has 5 rings (SSSR count). The fourth-order valence-corrected chi connectivity index (χ4v) is 4.65. The minimum atomic E-state index is -1.62. The van der Waals surface area contributed by atoms with Gasteiger partial charge in [-0.25, -0.2) is 0 Å². The highest BCUT2D eigenvalue weighted by molar-refractivity contribution is 5.80. The van der Waals surface area contributed by atoms with E-state index < -0.39 is 74.6 Å². The molecule has 2 fully saturated rings. The third-order valence-electron chi connectivity index (χ3n) is 7.04.